The Bertz CT molecular complexity index is 145. The van der Waals surface area contributed by atoms with Crippen LogP contribution < -0.4 is 11.1 Å². The van der Waals surface area contributed by atoms with Crippen LogP contribution in [-0.2, 0) is 4.74 Å². The summed E-state index contributed by atoms with van der Waals surface area (Å²) in [7, 11) is 0. The number of hydrogen-bond acceptors (Lipinski definition) is 3. The third-order valence-electron chi connectivity index (χ3n) is 3.09. The van der Waals surface area contributed by atoms with Gasteiger partial charge in [-0.3, -0.25) is 0 Å². The normalized spacial score (nSPS) is 26.8. The summed E-state index contributed by atoms with van der Waals surface area (Å²) in [5, 5.41) is 3.54. The Morgan fingerprint density at radius 3 is 2.60 bits per heavy atom. The van der Waals surface area contributed by atoms with E-state index in [2.05, 4.69) is 12.2 Å². The number of hydrogen-bond donors (Lipinski definition) is 2. The molecule has 3 N–H and O–H groups in total. The van der Waals surface area contributed by atoms with Crippen LogP contribution in [0.5, 0.6) is 0 Å². The van der Waals surface area contributed by atoms with Crippen LogP contribution in [0.1, 0.15) is 45.4 Å². The van der Waals surface area contributed by atoms with Crippen LogP contribution in [-0.4, -0.2) is 31.8 Å². The Morgan fingerprint density at radius 2 is 1.93 bits per heavy atom. The van der Waals surface area contributed by atoms with E-state index < -0.39 is 0 Å². The molecule has 0 radical (unpaired) electrons. The summed E-state index contributed by atoms with van der Waals surface area (Å²) in [5.74, 6) is 0. The first kappa shape index (κ1) is 12.9. The fourth-order valence-electron chi connectivity index (χ4n) is 2.01. The van der Waals surface area contributed by atoms with E-state index in [0.29, 0.717) is 12.1 Å². The first-order valence-electron chi connectivity index (χ1n) is 6.39. The van der Waals surface area contributed by atoms with E-state index in [1.165, 1.54) is 38.5 Å². The predicted octanol–water partition coefficient (Wildman–Crippen LogP) is 1.66. The number of unbranched alkanes of at least 4 members (excludes halogenated alkanes) is 1. The molecule has 15 heavy (non-hydrogen) atoms. The number of rotatable bonds is 7. The molecule has 0 spiro atoms. The molecule has 0 aromatic rings. The standard InChI is InChI=1S/C12H26N2O/c1-2-3-9-15-10-8-14-12-6-4-11(13)5-7-12/h11-12,14H,2-10,13H2,1H3. The topological polar surface area (TPSA) is 47.3 Å². The molecular formula is C12H26N2O. The van der Waals surface area contributed by atoms with Crippen LogP contribution in [0.2, 0.25) is 0 Å². The van der Waals surface area contributed by atoms with E-state index in [9.17, 15) is 0 Å². The van der Waals surface area contributed by atoms with Gasteiger partial charge in [0.1, 0.15) is 0 Å². The molecule has 0 atom stereocenters. The fraction of sp³-hybridized carbons (Fsp3) is 1.00. The van der Waals surface area contributed by atoms with Crippen molar-refractivity contribution in [2.24, 2.45) is 5.73 Å². The molecule has 1 aliphatic rings. The summed E-state index contributed by atoms with van der Waals surface area (Å²) in [4.78, 5) is 0. The Balaban J connectivity index is 1.87. The van der Waals surface area contributed by atoms with Crippen molar-refractivity contribution in [3.05, 3.63) is 0 Å². The molecule has 0 amide bonds. The lowest BCUT2D eigenvalue weighted by Gasteiger charge is -2.26. The van der Waals surface area contributed by atoms with E-state index in [-0.39, 0.29) is 0 Å². The van der Waals surface area contributed by atoms with Gasteiger partial charge in [0.25, 0.3) is 0 Å². The third kappa shape index (κ3) is 6.13. The quantitative estimate of drug-likeness (QED) is 0.634. The molecule has 1 rings (SSSR count). The van der Waals surface area contributed by atoms with Gasteiger partial charge in [-0.1, -0.05) is 13.3 Å². The van der Waals surface area contributed by atoms with Gasteiger partial charge in [0.15, 0.2) is 0 Å². The van der Waals surface area contributed by atoms with E-state index in [0.717, 1.165) is 19.8 Å². The second-order valence-electron chi connectivity index (χ2n) is 4.53. The molecule has 0 heterocycles. The molecule has 0 saturated heterocycles. The summed E-state index contributed by atoms with van der Waals surface area (Å²) in [5.41, 5.74) is 5.85. The molecule has 3 nitrogen and oxygen atoms in total. The monoisotopic (exact) mass is 214 g/mol. The van der Waals surface area contributed by atoms with Gasteiger partial charge in [0, 0.05) is 25.2 Å². The minimum Gasteiger partial charge on any atom is -0.380 e. The highest BCUT2D eigenvalue weighted by molar-refractivity contribution is 4.78. The van der Waals surface area contributed by atoms with Gasteiger partial charge in [-0.25, -0.2) is 0 Å². The van der Waals surface area contributed by atoms with Crippen molar-refractivity contribution >= 4 is 0 Å². The van der Waals surface area contributed by atoms with Crippen molar-refractivity contribution in [1.82, 2.24) is 5.32 Å². The minimum absolute atomic E-state index is 0.448. The highest BCUT2D eigenvalue weighted by Crippen LogP contribution is 2.16. The van der Waals surface area contributed by atoms with Gasteiger partial charge in [-0.2, -0.15) is 0 Å². The summed E-state index contributed by atoms with van der Waals surface area (Å²) in [6.45, 7) is 4.94. The summed E-state index contributed by atoms with van der Waals surface area (Å²) in [6.07, 6.45) is 7.21. The van der Waals surface area contributed by atoms with Gasteiger partial charge in [0.2, 0.25) is 0 Å². The largest absolute Gasteiger partial charge is 0.380 e. The zero-order chi connectivity index (χ0) is 10.9. The van der Waals surface area contributed by atoms with Crippen LogP contribution in [0.15, 0.2) is 0 Å². The molecule has 1 saturated carbocycles. The van der Waals surface area contributed by atoms with Crippen molar-refractivity contribution < 1.29 is 4.74 Å². The molecule has 1 fully saturated rings. The van der Waals surface area contributed by atoms with Crippen LogP contribution in [0.4, 0.5) is 0 Å². The molecule has 3 heteroatoms. The number of ether oxygens (including phenoxy) is 1. The molecule has 0 aliphatic heterocycles. The highest BCUT2D eigenvalue weighted by Gasteiger charge is 2.17. The molecule has 1 aliphatic carbocycles. The molecule has 90 valence electrons. The van der Waals surface area contributed by atoms with E-state index >= 15 is 0 Å². The van der Waals surface area contributed by atoms with E-state index in [4.69, 9.17) is 10.5 Å². The highest BCUT2D eigenvalue weighted by atomic mass is 16.5. The average molecular weight is 214 g/mol. The van der Waals surface area contributed by atoms with Crippen molar-refractivity contribution in [2.45, 2.75) is 57.5 Å². The summed E-state index contributed by atoms with van der Waals surface area (Å²) >= 11 is 0. The third-order valence-corrected chi connectivity index (χ3v) is 3.09. The zero-order valence-electron chi connectivity index (χ0n) is 10.0. The Morgan fingerprint density at radius 1 is 1.20 bits per heavy atom. The maximum Gasteiger partial charge on any atom is 0.0590 e. The van der Waals surface area contributed by atoms with Gasteiger partial charge < -0.3 is 15.8 Å². The fourth-order valence-corrected chi connectivity index (χ4v) is 2.01. The number of nitrogens with one attached hydrogen (secondary N) is 1. The van der Waals surface area contributed by atoms with Crippen LogP contribution in [0.25, 0.3) is 0 Å². The Labute approximate surface area is 93.8 Å². The van der Waals surface area contributed by atoms with Gasteiger partial charge in [0.05, 0.1) is 6.61 Å². The first-order chi connectivity index (χ1) is 7.33. The molecular weight excluding hydrogens is 188 g/mol. The predicted molar refractivity (Wildman–Crippen MR) is 64.0 cm³/mol. The van der Waals surface area contributed by atoms with Gasteiger partial charge in [-0.15, -0.1) is 0 Å². The van der Waals surface area contributed by atoms with E-state index in [1.807, 2.05) is 0 Å². The smallest absolute Gasteiger partial charge is 0.0590 e. The molecule has 0 aromatic heterocycles. The first-order valence-corrected chi connectivity index (χ1v) is 6.39. The lowest BCUT2D eigenvalue weighted by Crippen LogP contribution is -2.38. The van der Waals surface area contributed by atoms with Crippen LogP contribution in [0, 0.1) is 0 Å². The van der Waals surface area contributed by atoms with Gasteiger partial charge in [-0.05, 0) is 32.1 Å². The van der Waals surface area contributed by atoms with Crippen molar-refractivity contribution in [1.29, 1.82) is 0 Å². The molecule has 0 bridgehead atoms. The summed E-state index contributed by atoms with van der Waals surface area (Å²) < 4.78 is 5.50. The average Bonchev–Trinajstić information content (AvgIpc) is 2.26. The summed E-state index contributed by atoms with van der Waals surface area (Å²) in [6, 6.07) is 1.13. The van der Waals surface area contributed by atoms with Crippen LogP contribution in [0.3, 0.4) is 0 Å². The molecule has 0 aromatic carbocycles. The SMILES string of the molecule is CCCCOCCNC1CCC(N)CC1. The van der Waals surface area contributed by atoms with Crippen LogP contribution >= 0.6 is 0 Å². The lowest BCUT2D eigenvalue weighted by atomic mass is 9.92. The second-order valence-corrected chi connectivity index (χ2v) is 4.53. The Kier molecular flexibility index (Phi) is 6.98. The maximum absolute atomic E-state index is 5.85. The Hall–Kier alpha value is -0.120. The number of nitrogens with two attached hydrogens (primary N) is 1. The second kappa shape index (κ2) is 8.08. The van der Waals surface area contributed by atoms with Crippen molar-refractivity contribution in [2.75, 3.05) is 19.8 Å². The van der Waals surface area contributed by atoms with Crippen molar-refractivity contribution in [3.8, 4) is 0 Å². The minimum atomic E-state index is 0.448. The van der Waals surface area contributed by atoms with E-state index in [1.54, 1.807) is 0 Å². The zero-order valence-corrected chi connectivity index (χ0v) is 10.0. The van der Waals surface area contributed by atoms with Gasteiger partial charge >= 0.3 is 0 Å². The lowest BCUT2D eigenvalue weighted by molar-refractivity contribution is 0.129. The van der Waals surface area contributed by atoms with Crippen molar-refractivity contribution in [3.63, 3.8) is 0 Å². The molecule has 0 unspecified atom stereocenters. The maximum atomic E-state index is 5.85.